The van der Waals surface area contributed by atoms with Crippen LogP contribution in [0.15, 0.2) is 18.2 Å². The summed E-state index contributed by atoms with van der Waals surface area (Å²) >= 11 is 0. The summed E-state index contributed by atoms with van der Waals surface area (Å²) < 4.78 is 0. The lowest BCUT2D eigenvalue weighted by atomic mass is 10.0. The van der Waals surface area contributed by atoms with Crippen LogP contribution < -0.4 is 5.32 Å². The van der Waals surface area contributed by atoms with Crippen LogP contribution in [0.3, 0.4) is 0 Å². The first-order valence-electron chi connectivity index (χ1n) is 9.46. The first-order valence-corrected chi connectivity index (χ1v) is 9.46. The van der Waals surface area contributed by atoms with Crippen LogP contribution in [-0.4, -0.2) is 47.9 Å². The lowest BCUT2D eigenvalue weighted by Crippen LogP contribution is -2.58. The standard InChI is InChI=1S/C20H31N3O2/c1-5-8-12-17-19(24)22(4)13-14-23(17)20(25)21-18-15(6-2)10-9-11-16(18)7-3/h9-11,17H,5-8,12-14H2,1-4H3,(H,21,25)/t17-/m0/s1. The lowest BCUT2D eigenvalue weighted by Gasteiger charge is -2.39. The molecule has 1 aromatic carbocycles. The Morgan fingerprint density at radius 1 is 1.16 bits per heavy atom. The highest BCUT2D eigenvalue weighted by atomic mass is 16.2. The van der Waals surface area contributed by atoms with Crippen molar-refractivity contribution >= 4 is 17.6 Å². The minimum atomic E-state index is -0.349. The number of anilines is 1. The monoisotopic (exact) mass is 345 g/mol. The van der Waals surface area contributed by atoms with Gasteiger partial charge in [0.1, 0.15) is 6.04 Å². The molecule has 0 radical (unpaired) electrons. The van der Waals surface area contributed by atoms with Crippen molar-refractivity contribution in [3.05, 3.63) is 29.3 Å². The topological polar surface area (TPSA) is 52.7 Å². The van der Waals surface area contributed by atoms with Gasteiger partial charge >= 0.3 is 6.03 Å². The molecule has 0 aromatic heterocycles. The first kappa shape index (κ1) is 19.3. The third-order valence-electron chi connectivity index (χ3n) is 5.04. The number of nitrogens with zero attached hydrogens (tertiary/aromatic N) is 2. The number of unbranched alkanes of at least 4 members (excludes halogenated alkanes) is 1. The summed E-state index contributed by atoms with van der Waals surface area (Å²) in [5, 5.41) is 3.11. The summed E-state index contributed by atoms with van der Waals surface area (Å²) in [5.74, 6) is 0.0503. The molecule has 5 nitrogen and oxygen atoms in total. The molecule has 0 saturated carbocycles. The number of carbonyl (C=O) groups is 2. The van der Waals surface area contributed by atoms with Gasteiger partial charge in [0.15, 0.2) is 0 Å². The molecule has 0 bridgehead atoms. The quantitative estimate of drug-likeness (QED) is 0.855. The van der Waals surface area contributed by atoms with E-state index in [-0.39, 0.29) is 18.0 Å². The first-order chi connectivity index (χ1) is 12.0. The second-order valence-corrected chi connectivity index (χ2v) is 6.70. The van der Waals surface area contributed by atoms with E-state index < -0.39 is 0 Å². The molecule has 1 saturated heterocycles. The van der Waals surface area contributed by atoms with Gasteiger partial charge in [-0.1, -0.05) is 51.8 Å². The summed E-state index contributed by atoms with van der Waals surface area (Å²) in [6.45, 7) is 7.46. The Morgan fingerprint density at radius 2 is 1.80 bits per heavy atom. The minimum absolute atomic E-state index is 0.0503. The fourth-order valence-electron chi connectivity index (χ4n) is 3.41. The van der Waals surface area contributed by atoms with Crippen molar-refractivity contribution in [2.75, 3.05) is 25.5 Å². The van der Waals surface area contributed by atoms with Crippen LogP contribution in [-0.2, 0) is 17.6 Å². The van der Waals surface area contributed by atoms with Gasteiger partial charge in [-0.15, -0.1) is 0 Å². The third kappa shape index (κ3) is 4.33. The number of hydrogen-bond acceptors (Lipinski definition) is 2. The molecule has 0 spiro atoms. The molecule has 25 heavy (non-hydrogen) atoms. The molecule has 1 aliphatic heterocycles. The minimum Gasteiger partial charge on any atom is -0.342 e. The lowest BCUT2D eigenvalue weighted by molar-refractivity contribution is -0.138. The van der Waals surface area contributed by atoms with E-state index in [1.807, 2.05) is 13.1 Å². The number of benzene rings is 1. The zero-order chi connectivity index (χ0) is 18.4. The Morgan fingerprint density at radius 3 is 2.36 bits per heavy atom. The highest BCUT2D eigenvalue weighted by molar-refractivity contribution is 5.95. The number of nitrogens with one attached hydrogen (secondary N) is 1. The molecule has 1 heterocycles. The molecule has 5 heteroatoms. The molecule has 3 amide bonds. The molecule has 1 atom stereocenters. The van der Waals surface area contributed by atoms with E-state index >= 15 is 0 Å². The van der Waals surface area contributed by atoms with Gasteiger partial charge in [-0.05, 0) is 30.4 Å². The molecule has 1 fully saturated rings. The van der Waals surface area contributed by atoms with E-state index in [1.54, 1.807) is 9.80 Å². The Bertz CT molecular complexity index is 593. The molecule has 1 aliphatic rings. The maximum atomic E-state index is 13.0. The summed E-state index contributed by atoms with van der Waals surface area (Å²) in [6.07, 6.45) is 4.42. The highest BCUT2D eigenvalue weighted by Crippen LogP contribution is 2.24. The Labute approximate surface area is 151 Å². The van der Waals surface area contributed by atoms with Crippen LogP contribution in [0.2, 0.25) is 0 Å². The fraction of sp³-hybridized carbons (Fsp3) is 0.600. The normalized spacial score (nSPS) is 17.8. The van der Waals surface area contributed by atoms with Gasteiger partial charge in [-0.25, -0.2) is 4.79 Å². The number of likely N-dealkylation sites (N-methyl/N-ethyl adjacent to an activating group) is 1. The van der Waals surface area contributed by atoms with E-state index in [0.29, 0.717) is 13.1 Å². The van der Waals surface area contributed by atoms with Crippen LogP contribution in [0, 0.1) is 0 Å². The summed E-state index contributed by atoms with van der Waals surface area (Å²) in [4.78, 5) is 29.0. The largest absolute Gasteiger partial charge is 0.342 e. The highest BCUT2D eigenvalue weighted by Gasteiger charge is 2.35. The van der Waals surface area contributed by atoms with Crippen molar-refractivity contribution in [2.24, 2.45) is 0 Å². The third-order valence-corrected chi connectivity index (χ3v) is 5.04. The maximum Gasteiger partial charge on any atom is 0.322 e. The summed E-state index contributed by atoms with van der Waals surface area (Å²) in [6, 6.07) is 5.64. The van der Waals surface area contributed by atoms with Crippen LogP contribution in [0.5, 0.6) is 0 Å². The predicted molar refractivity (Wildman–Crippen MR) is 102 cm³/mol. The van der Waals surface area contributed by atoms with Gasteiger partial charge in [0.2, 0.25) is 5.91 Å². The number of amides is 3. The van der Waals surface area contributed by atoms with Crippen molar-refractivity contribution in [1.29, 1.82) is 0 Å². The average Bonchev–Trinajstić information content (AvgIpc) is 2.62. The molecule has 2 rings (SSSR count). The van der Waals surface area contributed by atoms with E-state index in [2.05, 4.69) is 38.2 Å². The van der Waals surface area contributed by atoms with E-state index in [4.69, 9.17) is 0 Å². The van der Waals surface area contributed by atoms with E-state index in [1.165, 1.54) is 0 Å². The van der Waals surface area contributed by atoms with Crippen molar-refractivity contribution < 1.29 is 9.59 Å². The van der Waals surface area contributed by atoms with Gasteiger partial charge in [-0.2, -0.15) is 0 Å². The number of hydrogen-bond donors (Lipinski definition) is 1. The molecular formula is C20H31N3O2. The van der Waals surface area contributed by atoms with Crippen molar-refractivity contribution in [1.82, 2.24) is 9.80 Å². The average molecular weight is 345 g/mol. The van der Waals surface area contributed by atoms with Crippen LogP contribution in [0.25, 0.3) is 0 Å². The van der Waals surface area contributed by atoms with Gasteiger partial charge in [-0.3, -0.25) is 4.79 Å². The fourth-order valence-corrected chi connectivity index (χ4v) is 3.41. The number of piperazine rings is 1. The number of carbonyl (C=O) groups excluding carboxylic acids is 2. The Hall–Kier alpha value is -2.04. The molecule has 1 aromatic rings. The summed E-state index contributed by atoms with van der Waals surface area (Å²) in [7, 11) is 1.82. The predicted octanol–water partition coefficient (Wildman–Crippen LogP) is 3.68. The SMILES string of the molecule is CCCC[C@H]1C(=O)N(C)CCN1C(=O)Nc1c(CC)cccc1CC. The van der Waals surface area contributed by atoms with Gasteiger partial charge in [0.25, 0.3) is 0 Å². The van der Waals surface area contributed by atoms with Crippen molar-refractivity contribution in [3.63, 3.8) is 0 Å². The maximum absolute atomic E-state index is 13.0. The van der Waals surface area contributed by atoms with Crippen LogP contribution in [0.1, 0.15) is 51.2 Å². The van der Waals surface area contributed by atoms with Crippen molar-refractivity contribution in [3.8, 4) is 0 Å². The number of aryl methyl sites for hydroxylation is 2. The second-order valence-electron chi connectivity index (χ2n) is 6.70. The zero-order valence-corrected chi connectivity index (χ0v) is 16.0. The van der Waals surface area contributed by atoms with E-state index in [9.17, 15) is 9.59 Å². The molecular weight excluding hydrogens is 314 g/mol. The number of para-hydroxylation sites is 1. The molecule has 0 unspecified atom stereocenters. The van der Waals surface area contributed by atoms with E-state index in [0.717, 1.165) is 48.9 Å². The Kier molecular flexibility index (Phi) is 6.85. The molecule has 0 aliphatic carbocycles. The zero-order valence-electron chi connectivity index (χ0n) is 16.0. The van der Waals surface area contributed by atoms with Crippen LogP contribution in [0.4, 0.5) is 10.5 Å². The second kappa shape index (κ2) is 8.88. The van der Waals surface area contributed by atoms with Crippen molar-refractivity contribution in [2.45, 2.75) is 58.9 Å². The number of urea groups is 1. The summed E-state index contributed by atoms with van der Waals surface area (Å²) in [5.41, 5.74) is 3.19. The number of rotatable bonds is 6. The Balaban J connectivity index is 2.22. The van der Waals surface area contributed by atoms with Gasteiger partial charge in [0, 0.05) is 25.8 Å². The van der Waals surface area contributed by atoms with Gasteiger partial charge in [0.05, 0.1) is 0 Å². The van der Waals surface area contributed by atoms with Gasteiger partial charge < -0.3 is 15.1 Å². The molecule has 138 valence electrons. The van der Waals surface area contributed by atoms with Crippen LogP contribution >= 0.6 is 0 Å². The molecule has 1 N–H and O–H groups in total. The smallest absolute Gasteiger partial charge is 0.322 e.